The van der Waals surface area contributed by atoms with Crippen LogP contribution < -0.4 is 10.9 Å². The Morgan fingerprint density at radius 1 is 1.10 bits per heavy atom. The van der Waals surface area contributed by atoms with Crippen molar-refractivity contribution in [1.29, 1.82) is 0 Å². The van der Waals surface area contributed by atoms with Crippen molar-refractivity contribution in [3.05, 3.63) is 57.9 Å². The Hall–Kier alpha value is -1.87. The highest BCUT2D eigenvalue weighted by Crippen LogP contribution is 2.19. The summed E-state index contributed by atoms with van der Waals surface area (Å²) in [5.74, 6) is 0. The molecule has 2 rings (SSSR count). The van der Waals surface area contributed by atoms with Crippen LogP contribution in [0.4, 0.5) is 0 Å². The molecule has 0 aliphatic rings. The second-order valence-electron chi connectivity index (χ2n) is 5.10. The monoisotopic (exact) mass is 270 g/mol. The number of nitrogens with one attached hydrogen (secondary N) is 1. The van der Waals surface area contributed by atoms with E-state index in [2.05, 4.69) is 49.5 Å². The van der Waals surface area contributed by atoms with Crippen molar-refractivity contribution < 1.29 is 0 Å². The van der Waals surface area contributed by atoms with Gasteiger partial charge < -0.3 is 9.88 Å². The molecular formula is C17H22N2O. The van der Waals surface area contributed by atoms with Crippen LogP contribution in [0.5, 0.6) is 0 Å². The Labute approximate surface area is 120 Å². The van der Waals surface area contributed by atoms with E-state index in [1.54, 1.807) is 0 Å². The Morgan fingerprint density at radius 3 is 2.40 bits per heavy atom. The average Bonchev–Trinajstić information content (AvgIpc) is 2.45. The first-order chi connectivity index (χ1) is 9.67. The lowest BCUT2D eigenvalue weighted by molar-refractivity contribution is 0.648. The number of pyridine rings is 1. The van der Waals surface area contributed by atoms with Crippen molar-refractivity contribution in [3.8, 4) is 11.3 Å². The zero-order valence-corrected chi connectivity index (χ0v) is 12.4. The Balaban J connectivity index is 2.55. The maximum atomic E-state index is 12.5. The lowest BCUT2D eigenvalue weighted by Gasteiger charge is -2.14. The van der Waals surface area contributed by atoms with E-state index in [-0.39, 0.29) is 5.56 Å². The SMILES string of the molecule is CCCn1c(-c2ccc(C)cc2)ccc(CNC)c1=O. The zero-order chi connectivity index (χ0) is 14.5. The van der Waals surface area contributed by atoms with Crippen LogP contribution in [0.3, 0.4) is 0 Å². The highest BCUT2D eigenvalue weighted by Gasteiger charge is 2.09. The molecule has 0 unspecified atom stereocenters. The van der Waals surface area contributed by atoms with Crippen LogP contribution in [0.15, 0.2) is 41.2 Å². The van der Waals surface area contributed by atoms with E-state index in [4.69, 9.17) is 0 Å². The molecule has 0 bridgehead atoms. The van der Waals surface area contributed by atoms with E-state index in [9.17, 15) is 4.79 Å². The normalized spacial score (nSPS) is 10.8. The van der Waals surface area contributed by atoms with Gasteiger partial charge in [0.25, 0.3) is 5.56 Å². The van der Waals surface area contributed by atoms with Crippen LogP contribution in [-0.4, -0.2) is 11.6 Å². The van der Waals surface area contributed by atoms with Gasteiger partial charge in [-0.25, -0.2) is 0 Å². The van der Waals surface area contributed by atoms with Crippen LogP contribution in [0.2, 0.25) is 0 Å². The highest BCUT2D eigenvalue weighted by atomic mass is 16.1. The molecule has 0 saturated carbocycles. The molecule has 1 aromatic carbocycles. The minimum absolute atomic E-state index is 0.110. The molecule has 106 valence electrons. The molecule has 3 heteroatoms. The minimum Gasteiger partial charge on any atom is -0.315 e. The third-order valence-corrected chi connectivity index (χ3v) is 3.41. The number of rotatable bonds is 5. The average molecular weight is 270 g/mol. The topological polar surface area (TPSA) is 34.0 Å². The van der Waals surface area contributed by atoms with Gasteiger partial charge in [0.05, 0.1) is 5.69 Å². The van der Waals surface area contributed by atoms with Crippen LogP contribution >= 0.6 is 0 Å². The lowest BCUT2D eigenvalue weighted by Crippen LogP contribution is -2.27. The summed E-state index contributed by atoms with van der Waals surface area (Å²) in [4.78, 5) is 12.5. The van der Waals surface area contributed by atoms with E-state index in [0.29, 0.717) is 6.54 Å². The molecule has 1 heterocycles. The molecule has 3 nitrogen and oxygen atoms in total. The summed E-state index contributed by atoms with van der Waals surface area (Å²) in [5, 5.41) is 3.05. The second-order valence-corrected chi connectivity index (χ2v) is 5.10. The Kier molecular flexibility index (Phi) is 4.74. The third-order valence-electron chi connectivity index (χ3n) is 3.41. The number of nitrogens with zero attached hydrogens (tertiary/aromatic N) is 1. The standard InChI is InChI=1S/C17H22N2O/c1-4-11-19-16(14-7-5-13(2)6-8-14)10-9-15(12-18-3)17(19)20/h5-10,18H,4,11-12H2,1-3H3. The van der Waals surface area contributed by atoms with Gasteiger partial charge in [0.2, 0.25) is 0 Å². The van der Waals surface area contributed by atoms with Gasteiger partial charge in [-0.3, -0.25) is 4.79 Å². The van der Waals surface area contributed by atoms with Crippen molar-refractivity contribution >= 4 is 0 Å². The van der Waals surface area contributed by atoms with Crippen molar-refractivity contribution in [3.63, 3.8) is 0 Å². The quantitative estimate of drug-likeness (QED) is 0.906. The number of aryl methyl sites for hydroxylation is 1. The fraction of sp³-hybridized carbons (Fsp3) is 0.353. The summed E-state index contributed by atoms with van der Waals surface area (Å²) in [7, 11) is 1.86. The van der Waals surface area contributed by atoms with Crippen LogP contribution in [0, 0.1) is 6.92 Å². The van der Waals surface area contributed by atoms with Crippen molar-refractivity contribution in [2.75, 3.05) is 7.05 Å². The molecular weight excluding hydrogens is 248 g/mol. The first-order valence-corrected chi connectivity index (χ1v) is 7.11. The molecule has 2 aromatic rings. The summed E-state index contributed by atoms with van der Waals surface area (Å²) >= 11 is 0. The number of aromatic nitrogens is 1. The maximum Gasteiger partial charge on any atom is 0.255 e. The van der Waals surface area contributed by atoms with Crippen LogP contribution in [0.25, 0.3) is 11.3 Å². The third kappa shape index (κ3) is 2.99. The van der Waals surface area contributed by atoms with Crippen molar-refractivity contribution in [2.45, 2.75) is 33.4 Å². The van der Waals surface area contributed by atoms with Crippen molar-refractivity contribution in [2.24, 2.45) is 0 Å². The van der Waals surface area contributed by atoms with Gasteiger partial charge in [0, 0.05) is 18.7 Å². The molecule has 0 spiro atoms. The van der Waals surface area contributed by atoms with Crippen molar-refractivity contribution in [1.82, 2.24) is 9.88 Å². The molecule has 0 aliphatic carbocycles. The van der Waals surface area contributed by atoms with Gasteiger partial charge in [-0.15, -0.1) is 0 Å². The van der Waals surface area contributed by atoms with Crippen LogP contribution in [-0.2, 0) is 13.1 Å². The molecule has 0 fully saturated rings. The van der Waals surface area contributed by atoms with E-state index in [1.165, 1.54) is 5.56 Å². The number of benzene rings is 1. The predicted octanol–water partition coefficient (Wildman–Crippen LogP) is 2.95. The largest absolute Gasteiger partial charge is 0.315 e. The molecule has 0 radical (unpaired) electrons. The molecule has 1 aromatic heterocycles. The van der Waals surface area contributed by atoms with Gasteiger partial charge in [0.15, 0.2) is 0 Å². The molecule has 20 heavy (non-hydrogen) atoms. The molecule has 0 aliphatic heterocycles. The van der Waals surface area contributed by atoms with Gasteiger partial charge >= 0.3 is 0 Å². The van der Waals surface area contributed by atoms with E-state index in [1.807, 2.05) is 17.7 Å². The Bertz CT molecular complexity index is 626. The van der Waals surface area contributed by atoms with Gasteiger partial charge in [0.1, 0.15) is 0 Å². The smallest absolute Gasteiger partial charge is 0.255 e. The van der Waals surface area contributed by atoms with E-state index < -0.39 is 0 Å². The summed E-state index contributed by atoms with van der Waals surface area (Å²) < 4.78 is 1.89. The summed E-state index contributed by atoms with van der Waals surface area (Å²) in [6.07, 6.45) is 0.946. The van der Waals surface area contributed by atoms with Gasteiger partial charge in [-0.05, 0) is 32.0 Å². The first-order valence-electron chi connectivity index (χ1n) is 7.11. The Morgan fingerprint density at radius 2 is 1.80 bits per heavy atom. The maximum absolute atomic E-state index is 12.5. The number of hydrogen-bond acceptors (Lipinski definition) is 2. The second kappa shape index (κ2) is 6.53. The molecule has 0 saturated heterocycles. The molecule has 0 atom stereocenters. The zero-order valence-electron chi connectivity index (χ0n) is 12.4. The van der Waals surface area contributed by atoms with Gasteiger partial charge in [-0.2, -0.15) is 0 Å². The fourth-order valence-corrected chi connectivity index (χ4v) is 2.37. The lowest BCUT2D eigenvalue weighted by atomic mass is 10.1. The summed E-state index contributed by atoms with van der Waals surface area (Å²) in [5.41, 5.74) is 4.25. The fourth-order valence-electron chi connectivity index (χ4n) is 2.37. The predicted molar refractivity (Wildman–Crippen MR) is 83.9 cm³/mol. The summed E-state index contributed by atoms with van der Waals surface area (Å²) in [6, 6.07) is 12.3. The van der Waals surface area contributed by atoms with E-state index in [0.717, 1.165) is 29.8 Å². The molecule has 1 N–H and O–H groups in total. The molecule has 0 amide bonds. The highest BCUT2D eigenvalue weighted by molar-refractivity contribution is 5.60. The van der Waals surface area contributed by atoms with Gasteiger partial charge in [-0.1, -0.05) is 42.8 Å². The number of hydrogen-bond donors (Lipinski definition) is 1. The van der Waals surface area contributed by atoms with E-state index >= 15 is 0 Å². The van der Waals surface area contributed by atoms with Crippen LogP contribution in [0.1, 0.15) is 24.5 Å². The first kappa shape index (κ1) is 14.5. The summed E-state index contributed by atoms with van der Waals surface area (Å²) in [6.45, 7) is 5.52. The minimum atomic E-state index is 0.110.